The summed E-state index contributed by atoms with van der Waals surface area (Å²) in [6, 6.07) is 4.32. The number of ether oxygens (including phenoxy) is 1. The second kappa shape index (κ2) is 7.37. The molecular weight excluding hydrogens is 214 g/mol. The van der Waals surface area contributed by atoms with Crippen molar-refractivity contribution in [3.63, 3.8) is 0 Å². The van der Waals surface area contributed by atoms with Crippen LogP contribution >= 0.6 is 0 Å². The Morgan fingerprint density at radius 1 is 1.41 bits per heavy atom. The number of nitrogens with two attached hydrogens (primary N) is 1. The van der Waals surface area contributed by atoms with Crippen LogP contribution in [-0.2, 0) is 4.74 Å². The van der Waals surface area contributed by atoms with Crippen LogP contribution in [-0.4, -0.2) is 42.7 Å². The molecule has 4 heteroatoms. The molecule has 0 aliphatic heterocycles. The van der Waals surface area contributed by atoms with E-state index in [9.17, 15) is 0 Å². The summed E-state index contributed by atoms with van der Waals surface area (Å²) < 4.78 is 5.38. The molecule has 0 spiro atoms. The van der Waals surface area contributed by atoms with E-state index < -0.39 is 0 Å². The Balaban J connectivity index is 2.66. The molecule has 1 aromatic heterocycles. The maximum absolute atomic E-state index is 6.07. The van der Waals surface area contributed by atoms with E-state index in [1.54, 1.807) is 12.4 Å². The van der Waals surface area contributed by atoms with Crippen LogP contribution < -0.4 is 5.73 Å². The highest BCUT2D eigenvalue weighted by Crippen LogP contribution is 2.21. The van der Waals surface area contributed by atoms with Crippen molar-refractivity contribution in [2.45, 2.75) is 25.9 Å². The molecule has 0 bridgehead atoms. The van der Waals surface area contributed by atoms with Crippen molar-refractivity contribution in [3.05, 3.63) is 30.1 Å². The second-order valence-electron chi connectivity index (χ2n) is 4.26. The molecule has 96 valence electrons. The van der Waals surface area contributed by atoms with Crippen LogP contribution in [0.15, 0.2) is 24.5 Å². The predicted molar refractivity (Wildman–Crippen MR) is 69.8 cm³/mol. The van der Waals surface area contributed by atoms with Crippen LogP contribution in [0.4, 0.5) is 0 Å². The molecule has 0 saturated carbocycles. The third-order valence-corrected chi connectivity index (χ3v) is 2.81. The molecule has 17 heavy (non-hydrogen) atoms. The lowest BCUT2D eigenvalue weighted by Gasteiger charge is -2.31. The zero-order valence-electron chi connectivity index (χ0n) is 11.0. The normalized spacial score (nSPS) is 14.9. The van der Waals surface area contributed by atoms with Crippen molar-refractivity contribution in [1.82, 2.24) is 9.88 Å². The minimum Gasteiger partial charge on any atom is -0.380 e. The van der Waals surface area contributed by atoms with Gasteiger partial charge in [-0.2, -0.15) is 0 Å². The molecule has 0 aliphatic rings. The fourth-order valence-electron chi connectivity index (χ4n) is 2.01. The first-order chi connectivity index (χ1) is 8.16. The highest BCUT2D eigenvalue weighted by atomic mass is 16.5. The Morgan fingerprint density at radius 3 is 2.59 bits per heavy atom. The average molecular weight is 237 g/mol. The van der Waals surface area contributed by atoms with Crippen LogP contribution in [0.1, 0.15) is 25.5 Å². The molecule has 0 amide bonds. The van der Waals surface area contributed by atoms with Crippen LogP contribution in [0.5, 0.6) is 0 Å². The average Bonchev–Trinajstić information content (AvgIpc) is 2.30. The van der Waals surface area contributed by atoms with Crippen LogP contribution in [0, 0.1) is 0 Å². The lowest BCUT2D eigenvalue weighted by molar-refractivity contribution is 0.102. The van der Waals surface area contributed by atoms with Gasteiger partial charge >= 0.3 is 0 Å². The lowest BCUT2D eigenvalue weighted by Crippen LogP contribution is -2.38. The number of hydrogen-bond donors (Lipinski definition) is 1. The molecule has 0 aromatic carbocycles. The Morgan fingerprint density at radius 2 is 2.06 bits per heavy atom. The van der Waals surface area contributed by atoms with Gasteiger partial charge in [0.1, 0.15) is 0 Å². The standard InChI is InChI=1S/C13H23N3O/c1-4-17-10-9-16(3)13(11(2)14)12-5-7-15-8-6-12/h5-8,11,13H,4,9-10,14H2,1-3H3. The minimum absolute atomic E-state index is 0.0732. The fraction of sp³-hybridized carbons (Fsp3) is 0.615. The number of hydrogen-bond acceptors (Lipinski definition) is 4. The van der Waals surface area contributed by atoms with Gasteiger partial charge in [-0.3, -0.25) is 9.88 Å². The van der Waals surface area contributed by atoms with E-state index in [1.807, 2.05) is 26.0 Å². The van der Waals surface area contributed by atoms with Gasteiger partial charge in [0.25, 0.3) is 0 Å². The highest BCUT2D eigenvalue weighted by Gasteiger charge is 2.20. The van der Waals surface area contributed by atoms with Gasteiger partial charge in [0.2, 0.25) is 0 Å². The zero-order valence-corrected chi connectivity index (χ0v) is 11.0. The van der Waals surface area contributed by atoms with E-state index in [0.717, 1.165) is 19.8 Å². The molecule has 0 saturated heterocycles. The smallest absolute Gasteiger partial charge is 0.0593 e. The maximum atomic E-state index is 6.07. The van der Waals surface area contributed by atoms with Crippen molar-refractivity contribution in [2.24, 2.45) is 5.73 Å². The quantitative estimate of drug-likeness (QED) is 0.729. The number of pyridine rings is 1. The largest absolute Gasteiger partial charge is 0.380 e. The fourth-order valence-corrected chi connectivity index (χ4v) is 2.01. The molecular formula is C13H23N3O. The third kappa shape index (κ3) is 4.42. The number of rotatable bonds is 7. The van der Waals surface area contributed by atoms with Gasteiger partial charge in [0.05, 0.1) is 6.61 Å². The molecule has 0 aliphatic carbocycles. The molecule has 1 heterocycles. The SMILES string of the molecule is CCOCCN(C)C(c1ccncc1)C(C)N. The lowest BCUT2D eigenvalue weighted by atomic mass is 10.0. The van der Waals surface area contributed by atoms with Gasteiger partial charge in [-0.05, 0) is 38.6 Å². The zero-order chi connectivity index (χ0) is 12.7. The molecule has 2 N–H and O–H groups in total. The number of aromatic nitrogens is 1. The molecule has 4 nitrogen and oxygen atoms in total. The monoisotopic (exact) mass is 237 g/mol. The minimum atomic E-state index is 0.0732. The van der Waals surface area contributed by atoms with Crippen LogP contribution in [0.3, 0.4) is 0 Å². The van der Waals surface area contributed by atoms with Crippen molar-refractivity contribution in [3.8, 4) is 0 Å². The Kier molecular flexibility index (Phi) is 6.11. The van der Waals surface area contributed by atoms with Gasteiger partial charge in [0.15, 0.2) is 0 Å². The summed E-state index contributed by atoms with van der Waals surface area (Å²) in [6.07, 6.45) is 3.61. The summed E-state index contributed by atoms with van der Waals surface area (Å²) in [5.41, 5.74) is 7.27. The number of nitrogens with zero attached hydrogens (tertiary/aromatic N) is 2. The first-order valence-electron chi connectivity index (χ1n) is 6.10. The topological polar surface area (TPSA) is 51.4 Å². The van der Waals surface area contributed by atoms with Gasteiger partial charge in [-0.25, -0.2) is 0 Å². The van der Waals surface area contributed by atoms with Crippen molar-refractivity contribution >= 4 is 0 Å². The second-order valence-corrected chi connectivity index (χ2v) is 4.26. The van der Waals surface area contributed by atoms with E-state index in [-0.39, 0.29) is 12.1 Å². The summed E-state index contributed by atoms with van der Waals surface area (Å²) in [4.78, 5) is 6.27. The predicted octanol–water partition coefficient (Wildman–Crippen LogP) is 1.44. The summed E-state index contributed by atoms with van der Waals surface area (Å²) in [6.45, 7) is 6.41. The van der Waals surface area contributed by atoms with Crippen molar-refractivity contribution < 1.29 is 4.74 Å². The third-order valence-electron chi connectivity index (χ3n) is 2.81. The summed E-state index contributed by atoms with van der Waals surface area (Å²) >= 11 is 0. The van der Waals surface area contributed by atoms with Gasteiger partial charge in [0, 0.05) is 37.6 Å². The van der Waals surface area contributed by atoms with Gasteiger partial charge < -0.3 is 10.5 Å². The summed E-state index contributed by atoms with van der Waals surface area (Å²) in [5, 5.41) is 0. The van der Waals surface area contributed by atoms with Crippen molar-refractivity contribution in [1.29, 1.82) is 0 Å². The molecule has 2 atom stereocenters. The first kappa shape index (κ1) is 14.1. The van der Waals surface area contributed by atoms with E-state index in [0.29, 0.717) is 0 Å². The van der Waals surface area contributed by atoms with Crippen molar-refractivity contribution in [2.75, 3.05) is 26.8 Å². The molecule has 0 fully saturated rings. The summed E-state index contributed by atoms with van der Waals surface area (Å²) in [5.74, 6) is 0. The van der Waals surface area contributed by atoms with E-state index in [2.05, 4.69) is 16.9 Å². The Hall–Kier alpha value is -0.970. The molecule has 1 aromatic rings. The van der Waals surface area contributed by atoms with E-state index in [4.69, 9.17) is 10.5 Å². The van der Waals surface area contributed by atoms with E-state index in [1.165, 1.54) is 5.56 Å². The highest BCUT2D eigenvalue weighted by molar-refractivity contribution is 5.16. The van der Waals surface area contributed by atoms with Gasteiger partial charge in [-0.15, -0.1) is 0 Å². The summed E-state index contributed by atoms with van der Waals surface area (Å²) in [7, 11) is 2.08. The Labute approximate surface area is 104 Å². The first-order valence-corrected chi connectivity index (χ1v) is 6.10. The molecule has 2 unspecified atom stereocenters. The molecule has 0 radical (unpaired) electrons. The molecule has 1 rings (SSSR count). The number of likely N-dealkylation sites (N-methyl/N-ethyl adjacent to an activating group) is 1. The van der Waals surface area contributed by atoms with Gasteiger partial charge in [-0.1, -0.05) is 0 Å². The maximum Gasteiger partial charge on any atom is 0.0593 e. The Bertz CT molecular complexity index is 303. The van der Waals surface area contributed by atoms with Crippen LogP contribution in [0.25, 0.3) is 0 Å². The van der Waals surface area contributed by atoms with E-state index >= 15 is 0 Å². The van der Waals surface area contributed by atoms with Crippen LogP contribution in [0.2, 0.25) is 0 Å².